The molecule has 0 saturated carbocycles. The van der Waals surface area contributed by atoms with Crippen LogP contribution < -0.4 is 18.9 Å². The lowest BCUT2D eigenvalue weighted by Gasteiger charge is -2.25. The predicted molar refractivity (Wildman–Crippen MR) is 139 cm³/mol. The highest BCUT2D eigenvalue weighted by Gasteiger charge is 2.22. The van der Waals surface area contributed by atoms with E-state index in [0.717, 1.165) is 11.1 Å². The molecule has 3 rings (SSSR count). The van der Waals surface area contributed by atoms with Crippen LogP contribution in [0, 0.1) is 0 Å². The van der Waals surface area contributed by atoms with Gasteiger partial charge in [0.1, 0.15) is 25.9 Å². The smallest absolute Gasteiger partial charge is 0.331 e. The number of esters is 1. The van der Waals surface area contributed by atoms with Gasteiger partial charge in [0.15, 0.2) is 23.0 Å². The molecule has 7 nitrogen and oxygen atoms in total. The number of hydrogen-bond donors (Lipinski definition) is 0. The largest absolute Gasteiger partial charge is 0.490 e. The fourth-order valence-electron chi connectivity index (χ4n) is 3.59. The van der Waals surface area contributed by atoms with Gasteiger partial charge in [0.25, 0.3) is 0 Å². The first-order valence-corrected chi connectivity index (χ1v) is 12.5. The summed E-state index contributed by atoms with van der Waals surface area (Å²) in [5.41, 5.74) is 2.19. The van der Waals surface area contributed by atoms with Crippen molar-refractivity contribution in [1.29, 1.82) is 0 Å². The molecule has 1 heterocycles. The summed E-state index contributed by atoms with van der Waals surface area (Å²) in [7, 11) is 1.33. The quantitative estimate of drug-likeness (QED) is 0.518. The Morgan fingerprint density at radius 2 is 1.25 bits per heavy atom. The molecule has 1 aliphatic heterocycles. The van der Waals surface area contributed by atoms with Crippen LogP contribution in [-0.4, -0.2) is 52.2 Å². The summed E-state index contributed by atoms with van der Waals surface area (Å²) in [6.07, 6.45) is 0.165. The van der Waals surface area contributed by atoms with E-state index in [-0.39, 0.29) is 30.7 Å². The molecule has 0 aromatic heterocycles. The van der Waals surface area contributed by atoms with Gasteiger partial charge < -0.3 is 28.4 Å². The second kappa shape index (κ2) is 11.9. The molecule has 0 aliphatic carbocycles. The van der Waals surface area contributed by atoms with Crippen molar-refractivity contribution in [1.82, 2.24) is 0 Å². The number of fused-ring (bicyclic) bond motifs is 2. The Kier molecular flexibility index (Phi) is 9.12. The van der Waals surface area contributed by atoms with Crippen LogP contribution in [0.5, 0.6) is 23.0 Å². The lowest BCUT2D eigenvalue weighted by molar-refractivity contribution is -0.149. The SMILES string of the molecule is COC(=O)COC1COc2ccc(C(C)(C)C)cc2OCCCOc2ccc(C(C)(C)C)cc2OC1. The Morgan fingerprint density at radius 1 is 0.778 bits per heavy atom. The van der Waals surface area contributed by atoms with Crippen LogP contribution in [0.4, 0.5) is 0 Å². The zero-order valence-electron chi connectivity index (χ0n) is 22.6. The molecule has 0 spiro atoms. The zero-order chi connectivity index (χ0) is 26.3. The van der Waals surface area contributed by atoms with Gasteiger partial charge in [-0.05, 0) is 46.2 Å². The number of rotatable bonds is 3. The topological polar surface area (TPSA) is 72.5 Å². The van der Waals surface area contributed by atoms with E-state index in [2.05, 4.69) is 47.6 Å². The highest BCUT2D eigenvalue weighted by atomic mass is 16.6. The normalized spacial score (nSPS) is 17.1. The lowest BCUT2D eigenvalue weighted by Crippen LogP contribution is -2.31. The van der Waals surface area contributed by atoms with Crippen molar-refractivity contribution < 1.29 is 33.2 Å². The highest BCUT2D eigenvalue weighted by molar-refractivity contribution is 5.70. The van der Waals surface area contributed by atoms with Crippen molar-refractivity contribution in [2.45, 2.75) is 64.9 Å². The summed E-state index contributed by atoms with van der Waals surface area (Å²) in [4.78, 5) is 11.7. The summed E-state index contributed by atoms with van der Waals surface area (Å²) >= 11 is 0. The van der Waals surface area contributed by atoms with E-state index in [1.54, 1.807) is 0 Å². The van der Waals surface area contributed by atoms with Crippen molar-refractivity contribution in [3.8, 4) is 23.0 Å². The van der Waals surface area contributed by atoms with Crippen LogP contribution in [0.3, 0.4) is 0 Å². The van der Waals surface area contributed by atoms with Gasteiger partial charge in [-0.3, -0.25) is 0 Å². The number of ether oxygens (including phenoxy) is 6. The summed E-state index contributed by atoms with van der Waals surface area (Å²) in [6.45, 7) is 14.0. The molecular formula is C29H40O7. The number of carbonyl (C=O) groups excluding carboxylic acids is 1. The molecule has 0 N–H and O–H groups in total. The van der Waals surface area contributed by atoms with Crippen LogP contribution in [0.2, 0.25) is 0 Å². The Morgan fingerprint density at radius 3 is 1.78 bits per heavy atom. The molecule has 198 valence electrons. The molecule has 0 saturated heterocycles. The van der Waals surface area contributed by atoms with Crippen LogP contribution >= 0.6 is 0 Å². The second-order valence-electron chi connectivity index (χ2n) is 11.0. The third-order valence-electron chi connectivity index (χ3n) is 5.94. The maximum atomic E-state index is 11.7. The monoisotopic (exact) mass is 500 g/mol. The molecule has 0 radical (unpaired) electrons. The Labute approximate surface area is 215 Å². The lowest BCUT2D eigenvalue weighted by atomic mass is 9.87. The van der Waals surface area contributed by atoms with Gasteiger partial charge in [-0.15, -0.1) is 0 Å². The van der Waals surface area contributed by atoms with Crippen molar-refractivity contribution in [2.75, 3.05) is 40.1 Å². The summed E-state index contributed by atoms with van der Waals surface area (Å²) in [6, 6.07) is 12.0. The van der Waals surface area contributed by atoms with Gasteiger partial charge in [0.05, 0.1) is 20.3 Å². The zero-order valence-corrected chi connectivity index (χ0v) is 22.6. The third-order valence-corrected chi connectivity index (χ3v) is 5.94. The summed E-state index contributed by atoms with van der Waals surface area (Å²) in [5, 5.41) is 0. The highest BCUT2D eigenvalue weighted by Crippen LogP contribution is 2.35. The van der Waals surface area contributed by atoms with Crippen LogP contribution in [0.15, 0.2) is 36.4 Å². The Balaban J connectivity index is 1.87. The van der Waals surface area contributed by atoms with Crippen LogP contribution in [0.25, 0.3) is 0 Å². The van der Waals surface area contributed by atoms with Gasteiger partial charge in [0.2, 0.25) is 0 Å². The van der Waals surface area contributed by atoms with E-state index in [0.29, 0.717) is 42.6 Å². The van der Waals surface area contributed by atoms with E-state index in [1.807, 2.05) is 30.3 Å². The van der Waals surface area contributed by atoms with Crippen molar-refractivity contribution in [2.24, 2.45) is 0 Å². The molecule has 0 amide bonds. The minimum Gasteiger partial charge on any atom is -0.490 e. The average molecular weight is 501 g/mol. The first-order valence-electron chi connectivity index (χ1n) is 12.5. The number of methoxy groups -OCH3 is 1. The standard InChI is InChI=1S/C29H40O7/c1-28(2,3)20-10-12-24-25(15-20)33-14-8-13-32-23-11-9-21(29(4,5)6)16-26(23)36-18-22(17-35-24)34-19-27(30)31-7/h9-12,15-16,22H,8,13-14,17-19H2,1-7H3. The van der Waals surface area contributed by atoms with Crippen molar-refractivity contribution >= 4 is 5.97 Å². The van der Waals surface area contributed by atoms with E-state index < -0.39 is 12.1 Å². The fraction of sp³-hybridized carbons (Fsp3) is 0.552. The molecule has 0 fully saturated rings. The van der Waals surface area contributed by atoms with E-state index in [1.165, 1.54) is 7.11 Å². The summed E-state index contributed by atoms with van der Waals surface area (Å²) < 4.78 is 35.0. The van der Waals surface area contributed by atoms with Gasteiger partial charge in [-0.25, -0.2) is 4.79 Å². The molecule has 1 unspecified atom stereocenters. The minimum atomic E-state index is -0.534. The van der Waals surface area contributed by atoms with Crippen LogP contribution in [-0.2, 0) is 25.1 Å². The van der Waals surface area contributed by atoms with Crippen LogP contribution in [0.1, 0.15) is 59.1 Å². The Hall–Kier alpha value is -2.93. The van der Waals surface area contributed by atoms with E-state index >= 15 is 0 Å². The second-order valence-corrected chi connectivity index (χ2v) is 11.0. The maximum absolute atomic E-state index is 11.7. The van der Waals surface area contributed by atoms with E-state index in [4.69, 9.17) is 28.4 Å². The van der Waals surface area contributed by atoms with Crippen molar-refractivity contribution in [3.63, 3.8) is 0 Å². The number of carbonyl (C=O) groups is 1. The minimum absolute atomic E-state index is 0.0315. The van der Waals surface area contributed by atoms with Gasteiger partial charge in [-0.2, -0.15) is 0 Å². The van der Waals surface area contributed by atoms with Gasteiger partial charge in [0, 0.05) is 6.42 Å². The third kappa shape index (κ3) is 7.79. The van der Waals surface area contributed by atoms with E-state index in [9.17, 15) is 4.79 Å². The average Bonchev–Trinajstić information content (AvgIpc) is 2.82. The maximum Gasteiger partial charge on any atom is 0.331 e. The molecule has 36 heavy (non-hydrogen) atoms. The fourth-order valence-corrected chi connectivity index (χ4v) is 3.59. The molecular weight excluding hydrogens is 460 g/mol. The van der Waals surface area contributed by atoms with Gasteiger partial charge in [-0.1, -0.05) is 53.7 Å². The molecule has 1 aliphatic rings. The number of benzene rings is 2. The molecule has 2 aromatic rings. The predicted octanol–water partition coefficient (Wildman–Crippen LogP) is 5.46. The molecule has 7 heteroatoms. The van der Waals surface area contributed by atoms with Crippen molar-refractivity contribution in [3.05, 3.63) is 47.5 Å². The molecule has 0 bridgehead atoms. The first-order chi connectivity index (χ1) is 17.0. The molecule has 2 aromatic carbocycles. The Bertz CT molecular complexity index is 1020. The first kappa shape index (κ1) is 27.7. The molecule has 1 atom stereocenters. The number of hydrogen-bond acceptors (Lipinski definition) is 7. The van der Waals surface area contributed by atoms with Gasteiger partial charge >= 0.3 is 5.97 Å². The summed E-state index contributed by atoms with van der Waals surface area (Å²) in [5.74, 6) is 2.10.